The summed E-state index contributed by atoms with van der Waals surface area (Å²) in [6.45, 7) is 9.05. The molecule has 20 heavy (non-hydrogen) atoms. The molecule has 0 spiro atoms. The molecule has 2 N–H and O–H groups in total. The number of hydrogen-bond acceptors (Lipinski definition) is 2. The molecule has 1 aliphatic heterocycles. The summed E-state index contributed by atoms with van der Waals surface area (Å²) in [4.78, 5) is 6.22. The van der Waals surface area contributed by atoms with Crippen molar-refractivity contribution in [1.29, 1.82) is 0 Å². The van der Waals surface area contributed by atoms with Gasteiger partial charge in [0, 0.05) is 48.8 Å². The van der Waals surface area contributed by atoms with E-state index in [1.807, 2.05) is 0 Å². The van der Waals surface area contributed by atoms with Gasteiger partial charge in [0.25, 0.3) is 0 Å². The maximum absolute atomic E-state index is 3.56. The fourth-order valence-electron chi connectivity index (χ4n) is 3.50. The molecule has 1 fully saturated rings. The van der Waals surface area contributed by atoms with Crippen LogP contribution < -0.4 is 5.32 Å². The van der Waals surface area contributed by atoms with E-state index in [4.69, 9.17) is 0 Å². The second-order valence-corrected chi connectivity index (χ2v) is 5.80. The number of aryl methyl sites for hydroxylation is 1. The molecule has 0 saturated carbocycles. The molecule has 0 bridgehead atoms. The third-order valence-electron chi connectivity index (χ3n) is 4.43. The van der Waals surface area contributed by atoms with Crippen LogP contribution in [0.3, 0.4) is 0 Å². The molecule has 3 heteroatoms. The van der Waals surface area contributed by atoms with Crippen molar-refractivity contribution in [3.8, 4) is 0 Å². The van der Waals surface area contributed by atoms with Gasteiger partial charge in [-0.3, -0.25) is 4.90 Å². The fraction of sp³-hybridized carbons (Fsp3) is 0.529. The predicted octanol–water partition coefficient (Wildman–Crippen LogP) is 3.22. The standard InChI is InChI=1S/C17H25N3/c1-3-6-16(20-11-9-18-10-12-20)17-13(2)19-15-8-5-4-7-14(15)17/h4-5,7-8,16,18-19H,3,6,9-12H2,1-2H3/t16-/m1/s1. The van der Waals surface area contributed by atoms with Crippen LogP contribution in [-0.4, -0.2) is 36.1 Å². The Morgan fingerprint density at radius 1 is 1.20 bits per heavy atom. The molecule has 2 aromatic rings. The Balaban J connectivity index is 2.01. The number of nitrogens with one attached hydrogen (secondary N) is 2. The number of aromatic amines is 1. The van der Waals surface area contributed by atoms with E-state index in [9.17, 15) is 0 Å². The van der Waals surface area contributed by atoms with Crippen LogP contribution in [0.1, 0.15) is 37.1 Å². The average molecular weight is 271 g/mol. The summed E-state index contributed by atoms with van der Waals surface area (Å²) in [6, 6.07) is 9.27. The molecule has 0 radical (unpaired) electrons. The summed E-state index contributed by atoms with van der Waals surface area (Å²) >= 11 is 0. The molecular weight excluding hydrogens is 246 g/mol. The highest BCUT2D eigenvalue weighted by Gasteiger charge is 2.25. The molecule has 108 valence electrons. The number of piperazine rings is 1. The Kier molecular flexibility index (Phi) is 4.08. The molecule has 1 atom stereocenters. The van der Waals surface area contributed by atoms with Gasteiger partial charge in [0.2, 0.25) is 0 Å². The summed E-state index contributed by atoms with van der Waals surface area (Å²) in [5, 5.41) is 4.86. The van der Waals surface area contributed by atoms with Crippen molar-refractivity contribution in [2.45, 2.75) is 32.7 Å². The van der Waals surface area contributed by atoms with Crippen molar-refractivity contribution in [1.82, 2.24) is 15.2 Å². The Morgan fingerprint density at radius 3 is 2.70 bits per heavy atom. The normalized spacial score (nSPS) is 18.5. The summed E-state index contributed by atoms with van der Waals surface area (Å²) < 4.78 is 0. The van der Waals surface area contributed by atoms with Gasteiger partial charge in [0.1, 0.15) is 0 Å². The van der Waals surface area contributed by atoms with Gasteiger partial charge in [0.05, 0.1) is 0 Å². The molecule has 0 aliphatic carbocycles. The van der Waals surface area contributed by atoms with Crippen LogP contribution in [0, 0.1) is 6.92 Å². The van der Waals surface area contributed by atoms with Crippen molar-refractivity contribution in [2.75, 3.05) is 26.2 Å². The van der Waals surface area contributed by atoms with Gasteiger partial charge in [-0.25, -0.2) is 0 Å². The number of benzene rings is 1. The maximum atomic E-state index is 3.56. The van der Waals surface area contributed by atoms with Crippen LogP contribution in [0.25, 0.3) is 10.9 Å². The first-order valence-corrected chi connectivity index (χ1v) is 7.83. The van der Waals surface area contributed by atoms with Gasteiger partial charge in [-0.05, 0) is 25.0 Å². The third kappa shape index (κ3) is 2.48. The lowest BCUT2D eigenvalue weighted by Gasteiger charge is -2.35. The predicted molar refractivity (Wildman–Crippen MR) is 85.1 cm³/mol. The first-order chi connectivity index (χ1) is 9.81. The zero-order valence-corrected chi connectivity index (χ0v) is 12.6. The molecule has 1 aromatic carbocycles. The topological polar surface area (TPSA) is 31.1 Å². The highest BCUT2D eigenvalue weighted by atomic mass is 15.2. The van der Waals surface area contributed by atoms with Crippen LogP contribution in [0.5, 0.6) is 0 Å². The monoisotopic (exact) mass is 271 g/mol. The molecule has 0 amide bonds. The van der Waals surface area contributed by atoms with E-state index < -0.39 is 0 Å². The summed E-state index contributed by atoms with van der Waals surface area (Å²) in [7, 11) is 0. The van der Waals surface area contributed by atoms with Crippen molar-refractivity contribution < 1.29 is 0 Å². The highest BCUT2D eigenvalue weighted by molar-refractivity contribution is 5.85. The molecule has 1 saturated heterocycles. The Morgan fingerprint density at radius 2 is 1.95 bits per heavy atom. The minimum absolute atomic E-state index is 0.554. The first-order valence-electron chi connectivity index (χ1n) is 7.83. The van der Waals surface area contributed by atoms with E-state index in [1.54, 1.807) is 0 Å². The van der Waals surface area contributed by atoms with Crippen LogP contribution in [0.2, 0.25) is 0 Å². The minimum Gasteiger partial charge on any atom is -0.358 e. The van der Waals surface area contributed by atoms with Gasteiger partial charge >= 0.3 is 0 Å². The van der Waals surface area contributed by atoms with Crippen LogP contribution in [0.4, 0.5) is 0 Å². The summed E-state index contributed by atoms with van der Waals surface area (Å²) in [6.07, 6.45) is 2.47. The maximum Gasteiger partial charge on any atom is 0.0459 e. The van der Waals surface area contributed by atoms with Crippen LogP contribution in [-0.2, 0) is 0 Å². The number of nitrogens with zero attached hydrogens (tertiary/aromatic N) is 1. The van der Waals surface area contributed by atoms with Crippen molar-refractivity contribution in [3.63, 3.8) is 0 Å². The van der Waals surface area contributed by atoms with Gasteiger partial charge in [-0.1, -0.05) is 31.5 Å². The smallest absolute Gasteiger partial charge is 0.0459 e. The lowest BCUT2D eigenvalue weighted by atomic mass is 9.97. The van der Waals surface area contributed by atoms with E-state index in [0.29, 0.717) is 6.04 Å². The summed E-state index contributed by atoms with van der Waals surface area (Å²) in [5.74, 6) is 0. The molecule has 1 aromatic heterocycles. The Bertz CT molecular complexity index is 567. The third-order valence-corrected chi connectivity index (χ3v) is 4.43. The quantitative estimate of drug-likeness (QED) is 0.894. The number of fused-ring (bicyclic) bond motifs is 1. The van der Waals surface area contributed by atoms with Crippen molar-refractivity contribution in [2.24, 2.45) is 0 Å². The van der Waals surface area contributed by atoms with Crippen LogP contribution >= 0.6 is 0 Å². The van der Waals surface area contributed by atoms with Gasteiger partial charge in [0.15, 0.2) is 0 Å². The van der Waals surface area contributed by atoms with E-state index in [1.165, 1.54) is 35.0 Å². The van der Waals surface area contributed by atoms with Crippen LogP contribution in [0.15, 0.2) is 24.3 Å². The molecule has 3 nitrogen and oxygen atoms in total. The largest absolute Gasteiger partial charge is 0.358 e. The second kappa shape index (κ2) is 5.98. The minimum atomic E-state index is 0.554. The van der Waals surface area contributed by atoms with E-state index in [0.717, 1.165) is 26.2 Å². The second-order valence-electron chi connectivity index (χ2n) is 5.80. The number of aromatic nitrogens is 1. The lowest BCUT2D eigenvalue weighted by molar-refractivity contribution is 0.165. The molecule has 2 heterocycles. The van der Waals surface area contributed by atoms with Gasteiger partial charge < -0.3 is 10.3 Å². The van der Waals surface area contributed by atoms with E-state index in [-0.39, 0.29) is 0 Å². The van der Waals surface area contributed by atoms with Crippen molar-refractivity contribution >= 4 is 10.9 Å². The van der Waals surface area contributed by atoms with E-state index in [2.05, 4.69) is 53.3 Å². The first kappa shape index (κ1) is 13.7. The zero-order chi connectivity index (χ0) is 13.9. The lowest BCUT2D eigenvalue weighted by Crippen LogP contribution is -2.45. The van der Waals surface area contributed by atoms with Crippen molar-refractivity contribution in [3.05, 3.63) is 35.5 Å². The number of rotatable bonds is 4. The molecule has 0 unspecified atom stereocenters. The number of H-pyrrole nitrogens is 1. The number of hydrogen-bond donors (Lipinski definition) is 2. The SMILES string of the molecule is CCC[C@H](c1c(C)[nH]c2ccccc12)N1CCNCC1. The Hall–Kier alpha value is -1.32. The highest BCUT2D eigenvalue weighted by Crippen LogP contribution is 2.34. The number of para-hydroxylation sites is 1. The van der Waals surface area contributed by atoms with Gasteiger partial charge in [-0.15, -0.1) is 0 Å². The fourth-order valence-corrected chi connectivity index (χ4v) is 3.50. The Labute approximate surface area is 121 Å². The average Bonchev–Trinajstić information content (AvgIpc) is 2.82. The molecular formula is C17H25N3. The van der Waals surface area contributed by atoms with Gasteiger partial charge in [-0.2, -0.15) is 0 Å². The summed E-state index contributed by atoms with van der Waals surface area (Å²) in [5.41, 5.74) is 4.13. The van der Waals surface area contributed by atoms with E-state index >= 15 is 0 Å². The zero-order valence-electron chi connectivity index (χ0n) is 12.6. The molecule has 1 aliphatic rings. The molecule has 3 rings (SSSR count).